The molecule has 1 atom stereocenters. The van der Waals surface area contributed by atoms with E-state index in [-0.39, 0.29) is 0 Å². The van der Waals surface area contributed by atoms with Crippen LogP contribution in [0.1, 0.15) is 33.1 Å². The summed E-state index contributed by atoms with van der Waals surface area (Å²) in [6.45, 7) is 8.28. The van der Waals surface area contributed by atoms with Gasteiger partial charge in [0.05, 0.1) is 0 Å². The lowest BCUT2D eigenvalue weighted by atomic mass is 10.0. The lowest BCUT2D eigenvalue weighted by Gasteiger charge is -2.27. The van der Waals surface area contributed by atoms with E-state index in [0.29, 0.717) is 0 Å². The average Bonchev–Trinajstić information content (AvgIpc) is 2.66. The van der Waals surface area contributed by atoms with Gasteiger partial charge in [-0.25, -0.2) is 0 Å². The van der Waals surface area contributed by atoms with Gasteiger partial charge in [0.15, 0.2) is 0 Å². The van der Waals surface area contributed by atoms with E-state index in [1.165, 1.54) is 38.9 Å². The quantitative estimate of drug-likeness (QED) is 0.700. The third-order valence-electron chi connectivity index (χ3n) is 3.36. The van der Waals surface area contributed by atoms with Gasteiger partial charge in [0.1, 0.15) is 0 Å². The van der Waals surface area contributed by atoms with Crippen LogP contribution in [0.25, 0.3) is 0 Å². The monoisotopic (exact) mass is 184 g/mol. The molecule has 0 bridgehead atoms. The summed E-state index contributed by atoms with van der Waals surface area (Å²) in [5.74, 6) is 0.894. The second-order valence-corrected chi connectivity index (χ2v) is 4.27. The zero-order chi connectivity index (χ0) is 9.68. The van der Waals surface area contributed by atoms with E-state index in [9.17, 15) is 0 Å². The van der Waals surface area contributed by atoms with Crippen molar-refractivity contribution in [1.82, 2.24) is 10.2 Å². The minimum absolute atomic E-state index is 0.792. The van der Waals surface area contributed by atoms with Crippen molar-refractivity contribution in [1.29, 1.82) is 0 Å². The Labute approximate surface area is 82.7 Å². The summed E-state index contributed by atoms with van der Waals surface area (Å²) >= 11 is 0. The lowest BCUT2D eigenvalue weighted by Crippen LogP contribution is -2.36. The van der Waals surface area contributed by atoms with E-state index in [1.54, 1.807) is 0 Å². The van der Waals surface area contributed by atoms with Gasteiger partial charge in [-0.05, 0) is 25.9 Å². The molecule has 0 radical (unpaired) electrons. The van der Waals surface area contributed by atoms with Gasteiger partial charge in [0, 0.05) is 19.1 Å². The SMILES string of the molecule is CCC(CC)CN(C)C1CCNC1. The molecule has 78 valence electrons. The first-order valence-corrected chi connectivity index (χ1v) is 5.68. The number of likely N-dealkylation sites (N-methyl/N-ethyl adjacent to an activating group) is 1. The molecule has 0 aromatic rings. The van der Waals surface area contributed by atoms with Crippen molar-refractivity contribution in [3.63, 3.8) is 0 Å². The molecular weight excluding hydrogens is 160 g/mol. The number of hydrogen-bond acceptors (Lipinski definition) is 2. The molecule has 1 saturated heterocycles. The van der Waals surface area contributed by atoms with Crippen molar-refractivity contribution in [2.24, 2.45) is 5.92 Å². The summed E-state index contributed by atoms with van der Waals surface area (Å²) in [6.07, 6.45) is 3.97. The fraction of sp³-hybridized carbons (Fsp3) is 1.00. The molecule has 0 spiro atoms. The van der Waals surface area contributed by atoms with Crippen LogP contribution in [0.5, 0.6) is 0 Å². The summed E-state index contributed by atoms with van der Waals surface area (Å²) in [7, 11) is 2.27. The van der Waals surface area contributed by atoms with Crippen LogP contribution in [0.2, 0.25) is 0 Å². The Balaban J connectivity index is 2.25. The average molecular weight is 184 g/mol. The Kier molecular flexibility index (Phi) is 4.74. The van der Waals surface area contributed by atoms with Gasteiger partial charge < -0.3 is 10.2 Å². The number of hydrogen-bond donors (Lipinski definition) is 1. The minimum atomic E-state index is 0.792. The van der Waals surface area contributed by atoms with E-state index in [4.69, 9.17) is 0 Å². The lowest BCUT2D eigenvalue weighted by molar-refractivity contribution is 0.211. The zero-order valence-corrected chi connectivity index (χ0v) is 9.34. The molecule has 1 rings (SSSR count). The Morgan fingerprint density at radius 3 is 2.54 bits per heavy atom. The molecule has 2 heteroatoms. The highest BCUT2D eigenvalue weighted by atomic mass is 15.2. The Morgan fingerprint density at radius 2 is 2.08 bits per heavy atom. The maximum Gasteiger partial charge on any atom is 0.0229 e. The smallest absolute Gasteiger partial charge is 0.0229 e. The summed E-state index contributed by atoms with van der Waals surface area (Å²) in [5.41, 5.74) is 0. The van der Waals surface area contributed by atoms with Gasteiger partial charge in [0.25, 0.3) is 0 Å². The number of nitrogens with zero attached hydrogens (tertiary/aromatic N) is 1. The fourth-order valence-electron chi connectivity index (χ4n) is 2.12. The third-order valence-corrected chi connectivity index (χ3v) is 3.36. The van der Waals surface area contributed by atoms with Gasteiger partial charge in [-0.15, -0.1) is 0 Å². The molecule has 1 aliphatic rings. The second-order valence-electron chi connectivity index (χ2n) is 4.27. The molecule has 1 N–H and O–H groups in total. The predicted molar refractivity (Wildman–Crippen MR) is 58.0 cm³/mol. The standard InChI is InChI=1S/C11H24N2/c1-4-10(5-2)9-13(3)11-6-7-12-8-11/h10-12H,4-9H2,1-3H3. The first-order chi connectivity index (χ1) is 6.27. The van der Waals surface area contributed by atoms with Crippen molar-refractivity contribution in [2.45, 2.75) is 39.2 Å². The Hall–Kier alpha value is -0.0800. The molecule has 13 heavy (non-hydrogen) atoms. The molecule has 1 heterocycles. The molecule has 1 aliphatic heterocycles. The highest BCUT2D eigenvalue weighted by Crippen LogP contribution is 2.13. The summed E-state index contributed by atoms with van der Waals surface area (Å²) in [5, 5.41) is 3.42. The van der Waals surface area contributed by atoms with E-state index in [1.807, 2.05) is 0 Å². The highest BCUT2D eigenvalue weighted by molar-refractivity contribution is 4.79. The van der Waals surface area contributed by atoms with Crippen molar-refractivity contribution in [2.75, 3.05) is 26.7 Å². The van der Waals surface area contributed by atoms with Crippen LogP contribution in [-0.2, 0) is 0 Å². The molecule has 0 aromatic carbocycles. The second kappa shape index (κ2) is 5.61. The first kappa shape index (κ1) is 11.0. The molecular formula is C11H24N2. The molecule has 0 aliphatic carbocycles. The maximum atomic E-state index is 3.42. The molecule has 0 saturated carbocycles. The summed E-state index contributed by atoms with van der Waals surface area (Å²) in [6, 6.07) is 0.792. The van der Waals surface area contributed by atoms with Gasteiger partial charge in [-0.1, -0.05) is 26.7 Å². The van der Waals surface area contributed by atoms with E-state index >= 15 is 0 Å². The maximum absolute atomic E-state index is 3.42. The topological polar surface area (TPSA) is 15.3 Å². The largest absolute Gasteiger partial charge is 0.315 e. The first-order valence-electron chi connectivity index (χ1n) is 5.68. The van der Waals surface area contributed by atoms with Crippen LogP contribution in [-0.4, -0.2) is 37.6 Å². The van der Waals surface area contributed by atoms with Crippen molar-refractivity contribution in [3.05, 3.63) is 0 Å². The van der Waals surface area contributed by atoms with Crippen LogP contribution in [0.15, 0.2) is 0 Å². The van der Waals surface area contributed by atoms with Crippen LogP contribution in [0.4, 0.5) is 0 Å². The normalized spacial score (nSPS) is 23.3. The predicted octanol–water partition coefficient (Wildman–Crippen LogP) is 1.72. The molecule has 2 nitrogen and oxygen atoms in total. The molecule has 1 fully saturated rings. The van der Waals surface area contributed by atoms with Gasteiger partial charge in [-0.2, -0.15) is 0 Å². The van der Waals surface area contributed by atoms with Gasteiger partial charge >= 0.3 is 0 Å². The fourth-order valence-corrected chi connectivity index (χ4v) is 2.12. The van der Waals surface area contributed by atoms with Gasteiger partial charge in [0.2, 0.25) is 0 Å². The van der Waals surface area contributed by atoms with Crippen molar-refractivity contribution < 1.29 is 0 Å². The Bertz CT molecular complexity index is 126. The van der Waals surface area contributed by atoms with Crippen molar-refractivity contribution in [3.8, 4) is 0 Å². The number of rotatable bonds is 5. The zero-order valence-electron chi connectivity index (χ0n) is 9.34. The van der Waals surface area contributed by atoms with E-state index in [2.05, 4.69) is 31.1 Å². The molecule has 1 unspecified atom stereocenters. The van der Waals surface area contributed by atoms with Crippen molar-refractivity contribution >= 4 is 0 Å². The highest BCUT2D eigenvalue weighted by Gasteiger charge is 2.20. The summed E-state index contributed by atoms with van der Waals surface area (Å²) < 4.78 is 0. The van der Waals surface area contributed by atoms with Crippen LogP contribution in [0.3, 0.4) is 0 Å². The van der Waals surface area contributed by atoms with Crippen LogP contribution in [0, 0.1) is 5.92 Å². The van der Waals surface area contributed by atoms with E-state index in [0.717, 1.165) is 12.0 Å². The number of nitrogens with one attached hydrogen (secondary N) is 1. The molecule has 0 aromatic heterocycles. The minimum Gasteiger partial charge on any atom is -0.315 e. The van der Waals surface area contributed by atoms with Crippen LogP contribution >= 0.6 is 0 Å². The Morgan fingerprint density at radius 1 is 1.38 bits per heavy atom. The van der Waals surface area contributed by atoms with Gasteiger partial charge in [-0.3, -0.25) is 0 Å². The van der Waals surface area contributed by atoms with Crippen LogP contribution < -0.4 is 5.32 Å². The molecule has 0 amide bonds. The third kappa shape index (κ3) is 3.28. The summed E-state index contributed by atoms with van der Waals surface area (Å²) in [4.78, 5) is 2.54. The van der Waals surface area contributed by atoms with E-state index < -0.39 is 0 Å².